The monoisotopic (exact) mass is 339 g/mol. The second-order valence-electron chi connectivity index (χ2n) is 5.06. The maximum Gasteiger partial charge on any atom is 0.240 e. The van der Waals surface area contributed by atoms with E-state index in [2.05, 4.69) is 4.72 Å². The minimum atomic E-state index is -3.48. The molecule has 0 bridgehead atoms. The summed E-state index contributed by atoms with van der Waals surface area (Å²) in [5.74, 6) is 0.735. The van der Waals surface area contributed by atoms with E-state index in [4.69, 9.17) is 4.74 Å². The van der Waals surface area contributed by atoms with E-state index in [0.29, 0.717) is 19.6 Å². The molecule has 22 heavy (non-hydrogen) atoms. The number of aryl methyl sites for hydroxylation is 1. The largest absolute Gasteiger partial charge is 0.493 e. The summed E-state index contributed by atoms with van der Waals surface area (Å²) in [7, 11) is -3.48. The van der Waals surface area contributed by atoms with E-state index < -0.39 is 10.0 Å². The van der Waals surface area contributed by atoms with Crippen LogP contribution in [-0.4, -0.2) is 21.6 Å². The number of hydrogen-bond donors (Lipinski definition) is 1. The molecular weight excluding hydrogens is 318 g/mol. The summed E-state index contributed by atoms with van der Waals surface area (Å²) in [6.07, 6.45) is 1.61. The zero-order valence-electron chi connectivity index (χ0n) is 12.8. The number of sulfonamides is 1. The standard InChI is InChI=1S/C16H21NO3S2/c1-3-9-20-16-5-4-15(11-13(16)2)22(18,19)17-8-6-14-7-10-21-12-14/h4-5,7,10-12,17H,3,6,8-9H2,1-2H3. The van der Waals surface area contributed by atoms with Crippen molar-refractivity contribution in [2.75, 3.05) is 13.2 Å². The highest BCUT2D eigenvalue weighted by Gasteiger charge is 2.15. The van der Waals surface area contributed by atoms with Gasteiger partial charge in [0, 0.05) is 6.54 Å². The van der Waals surface area contributed by atoms with Crippen LogP contribution in [-0.2, 0) is 16.4 Å². The molecule has 0 aliphatic heterocycles. The van der Waals surface area contributed by atoms with E-state index in [0.717, 1.165) is 23.3 Å². The molecule has 0 spiro atoms. The van der Waals surface area contributed by atoms with Crippen molar-refractivity contribution in [1.29, 1.82) is 0 Å². The third-order valence-electron chi connectivity index (χ3n) is 3.20. The first kappa shape index (κ1) is 17.0. The first-order valence-corrected chi connectivity index (χ1v) is 9.69. The molecule has 0 fully saturated rings. The molecule has 2 rings (SSSR count). The zero-order chi connectivity index (χ0) is 16.0. The lowest BCUT2D eigenvalue weighted by Crippen LogP contribution is -2.26. The minimum absolute atomic E-state index is 0.277. The van der Waals surface area contributed by atoms with Crippen LogP contribution in [0.3, 0.4) is 0 Å². The summed E-state index contributed by atoms with van der Waals surface area (Å²) in [5.41, 5.74) is 1.97. The molecule has 0 saturated heterocycles. The van der Waals surface area contributed by atoms with Gasteiger partial charge in [0.2, 0.25) is 10.0 Å². The summed E-state index contributed by atoms with van der Waals surface area (Å²) in [5, 5.41) is 4.01. The third kappa shape index (κ3) is 4.56. The van der Waals surface area contributed by atoms with Gasteiger partial charge in [-0.05, 0) is 65.9 Å². The predicted molar refractivity (Wildman–Crippen MR) is 90.2 cm³/mol. The molecule has 6 heteroatoms. The van der Waals surface area contributed by atoms with Crippen LogP contribution in [0, 0.1) is 6.92 Å². The highest BCUT2D eigenvalue weighted by Crippen LogP contribution is 2.22. The average molecular weight is 339 g/mol. The van der Waals surface area contributed by atoms with Crippen molar-refractivity contribution in [2.24, 2.45) is 0 Å². The quantitative estimate of drug-likeness (QED) is 0.802. The van der Waals surface area contributed by atoms with E-state index in [1.54, 1.807) is 29.5 Å². The SMILES string of the molecule is CCCOc1ccc(S(=O)(=O)NCCc2ccsc2)cc1C. The smallest absolute Gasteiger partial charge is 0.240 e. The molecule has 1 aromatic carbocycles. The van der Waals surface area contributed by atoms with Gasteiger partial charge in [-0.15, -0.1) is 0 Å². The van der Waals surface area contributed by atoms with Crippen molar-refractivity contribution < 1.29 is 13.2 Å². The number of thiophene rings is 1. The lowest BCUT2D eigenvalue weighted by molar-refractivity contribution is 0.315. The maximum atomic E-state index is 12.3. The predicted octanol–water partition coefficient (Wildman–Crippen LogP) is 3.37. The van der Waals surface area contributed by atoms with Crippen LogP contribution in [0.2, 0.25) is 0 Å². The van der Waals surface area contributed by atoms with Crippen LogP contribution < -0.4 is 9.46 Å². The summed E-state index contributed by atoms with van der Waals surface area (Å²) >= 11 is 1.61. The van der Waals surface area contributed by atoms with Gasteiger partial charge in [-0.25, -0.2) is 13.1 Å². The normalized spacial score (nSPS) is 11.5. The van der Waals surface area contributed by atoms with Gasteiger partial charge in [0.05, 0.1) is 11.5 Å². The van der Waals surface area contributed by atoms with E-state index in [-0.39, 0.29) is 4.90 Å². The highest BCUT2D eigenvalue weighted by molar-refractivity contribution is 7.89. The topological polar surface area (TPSA) is 55.4 Å². The molecule has 0 aliphatic carbocycles. The second-order valence-corrected chi connectivity index (χ2v) is 7.60. The van der Waals surface area contributed by atoms with Crippen LogP contribution in [0.5, 0.6) is 5.75 Å². The van der Waals surface area contributed by atoms with Crippen LogP contribution in [0.1, 0.15) is 24.5 Å². The molecule has 0 atom stereocenters. The Morgan fingerprint density at radius 2 is 2.09 bits per heavy atom. The van der Waals surface area contributed by atoms with Gasteiger partial charge >= 0.3 is 0 Å². The highest BCUT2D eigenvalue weighted by atomic mass is 32.2. The third-order valence-corrected chi connectivity index (χ3v) is 5.39. The van der Waals surface area contributed by atoms with Crippen molar-refractivity contribution in [2.45, 2.75) is 31.6 Å². The maximum absolute atomic E-state index is 12.3. The van der Waals surface area contributed by atoms with Crippen molar-refractivity contribution in [1.82, 2.24) is 4.72 Å². The fourth-order valence-electron chi connectivity index (χ4n) is 2.01. The Hall–Kier alpha value is -1.37. The van der Waals surface area contributed by atoms with Gasteiger partial charge in [-0.1, -0.05) is 6.92 Å². The van der Waals surface area contributed by atoms with Gasteiger partial charge < -0.3 is 4.74 Å². The Kier molecular flexibility index (Phi) is 5.99. The van der Waals surface area contributed by atoms with Crippen molar-refractivity contribution in [3.8, 4) is 5.75 Å². The number of benzene rings is 1. The minimum Gasteiger partial charge on any atom is -0.493 e. The molecular formula is C16H21NO3S2. The molecule has 1 heterocycles. The molecule has 1 aromatic heterocycles. The molecule has 0 aliphatic rings. The average Bonchev–Trinajstić information content (AvgIpc) is 2.99. The Labute approximate surface area is 136 Å². The van der Waals surface area contributed by atoms with E-state index in [9.17, 15) is 8.42 Å². The Morgan fingerprint density at radius 3 is 2.73 bits per heavy atom. The van der Waals surface area contributed by atoms with E-state index in [1.807, 2.05) is 30.7 Å². The Bertz CT molecular complexity index is 694. The Morgan fingerprint density at radius 1 is 1.27 bits per heavy atom. The van der Waals surface area contributed by atoms with Gasteiger partial charge in [0.15, 0.2) is 0 Å². The summed E-state index contributed by atoms with van der Waals surface area (Å²) in [4.78, 5) is 0.277. The van der Waals surface area contributed by atoms with E-state index >= 15 is 0 Å². The summed E-state index contributed by atoms with van der Waals surface area (Å²) in [6.45, 7) is 4.92. The van der Waals surface area contributed by atoms with Gasteiger partial charge in [0.25, 0.3) is 0 Å². The second kappa shape index (κ2) is 7.76. The molecule has 4 nitrogen and oxygen atoms in total. The van der Waals surface area contributed by atoms with Crippen LogP contribution >= 0.6 is 11.3 Å². The lowest BCUT2D eigenvalue weighted by Gasteiger charge is -2.11. The molecule has 2 aromatic rings. The fraction of sp³-hybridized carbons (Fsp3) is 0.375. The molecule has 0 amide bonds. The number of ether oxygens (including phenoxy) is 1. The molecule has 0 unspecified atom stereocenters. The van der Waals surface area contributed by atoms with Crippen LogP contribution in [0.15, 0.2) is 39.9 Å². The molecule has 0 saturated carbocycles. The Balaban J connectivity index is 2.00. The first-order valence-electron chi connectivity index (χ1n) is 7.27. The molecule has 1 N–H and O–H groups in total. The molecule has 120 valence electrons. The molecule has 0 radical (unpaired) electrons. The number of hydrogen-bond acceptors (Lipinski definition) is 4. The van der Waals surface area contributed by atoms with Crippen molar-refractivity contribution >= 4 is 21.4 Å². The van der Waals surface area contributed by atoms with Gasteiger partial charge in [0.1, 0.15) is 5.75 Å². The van der Waals surface area contributed by atoms with Crippen LogP contribution in [0.4, 0.5) is 0 Å². The van der Waals surface area contributed by atoms with Crippen molar-refractivity contribution in [3.05, 3.63) is 46.2 Å². The van der Waals surface area contributed by atoms with Crippen LogP contribution in [0.25, 0.3) is 0 Å². The van der Waals surface area contributed by atoms with Gasteiger partial charge in [-0.2, -0.15) is 11.3 Å². The van der Waals surface area contributed by atoms with E-state index in [1.165, 1.54) is 0 Å². The lowest BCUT2D eigenvalue weighted by atomic mass is 10.2. The first-order chi connectivity index (χ1) is 10.5. The van der Waals surface area contributed by atoms with Crippen molar-refractivity contribution in [3.63, 3.8) is 0 Å². The fourth-order valence-corrected chi connectivity index (χ4v) is 3.83. The number of rotatable bonds is 8. The van der Waals surface area contributed by atoms with Gasteiger partial charge in [-0.3, -0.25) is 0 Å². The number of nitrogens with one attached hydrogen (secondary N) is 1. The summed E-state index contributed by atoms with van der Waals surface area (Å²) < 4.78 is 32.8. The summed E-state index contributed by atoms with van der Waals surface area (Å²) in [6, 6.07) is 6.96. The zero-order valence-corrected chi connectivity index (χ0v) is 14.5.